The highest BCUT2D eigenvalue weighted by Crippen LogP contribution is 2.35. The van der Waals surface area contributed by atoms with Crippen LogP contribution < -0.4 is 10.5 Å². The van der Waals surface area contributed by atoms with Gasteiger partial charge in [0.15, 0.2) is 0 Å². The van der Waals surface area contributed by atoms with Crippen LogP contribution in [0, 0.1) is 65.1 Å². The maximum absolute atomic E-state index is 12.4. The summed E-state index contributed by atoms with van der Waals surface area (Å²) in [6, 6.07) is 11.5. The first kappa shape index (κ1) is 27.5. The molecule has 6 heteroatoms. The van der Waals surface area contributed by atoms with Gasteiger partial charge in [-0.2, -0.15) is 10.5 Å². The molecule has 3 rings (SSSR count). The van der Waals surface area contributed by atoms with Crippen molar-refractivity contribution in [1.29, 1.82) is 10.5 Å². The van der Waals surface area contributed by atoms with Gasteiger partial charge >= 0.3 is 0 Å². The number of hydrogen-bond acceptors (Lipinski definition) is 4. The fraction of sp³-hybridized carbons (Fsp3) is 0.704. The second-order valence-corrected chi connectivity index (χ2v) is 12.1. The molecule has 0 saturated heterocycles. The number of nitrogens with one attached hydrogen (secondary N) is 1. The van der Waals surface area contributed by atoms with E-state index >= 15 is 0 Å². The van der Waals surface area contributed by atoms with E-state index in [0.717, 1.165) is 48.0 Å². The van der Waals surface area contributed by atoms with Crippen molar-refractivity contribution in [3.63, 3.8) is 0 Å². The molecule has 0 amide bonds. The van der Waals surface area contributed by atoms with E-state index in [1.54, 1.807) is 0 Å². The van der Waals surface area contributed by atoms with E-state index in [0.29, 0.717) is 23.7 Å². The number of hydrogen-bond donors (Lipinski definition) is 2. The van der Waals surface area contributed by atoms with Crippen LogP contribution in [0.5, 0.6) is 0 Å². The molecule has 182 valence electrons. The van der Waals surface area contributed by atoms with Crippen LogP contribution in [0.1, 0.15) is 71.8 Å². The van der Waals surface area contributed by atoms with Gasteiger partial charge in [0, 0.05) is 0 Å². The van der Waals surface area contributed by atoms with Crippen LogP contribution in [0.25, 0.3) is 0 Å². The summed E-state index contributed by atoms with van der Waals surface area (Å²) in [5, 5.41) is 18.1. The Morgan fingerprint density at radius 3 is 1.73 bits per heavy atom. The molecule has 0 heterocycles. The molecule has 0 radical (unpaired) electrons. The molecule has 0 spiro atoms. The first-order valence-corrected chi connectivity index (χ1v) is 13.6. The highest BCUT2D eigenvalue weighted by Gasteiger charge is 2.31. The van der Waals surface area contributed by atoms with Gasteiger partial charge in [-0.3, -0.25) is 0 Å². The molecule has 2 aliphatic carbocycles. The Hall–Kier alpha value is -1.73. The van der Waals surface area contributed by atoms with Crippen molar-refractivity contribution in [3.05, 3.63) is 29.8 Å². The molecule has 5 nitrogen and oxygen atoms in total. The standard InChI is InChI=1S/C17H24N2OS.C10H18N2/c1-12-4-6-16(7-5-12)21(20)19-17(11-18)15-9-13(2)8-14(3)10-15;1-7-3-8(2)5-9(4-7)10(12)6-11/h4-7,13-15,17,19H,8-10H2,1-3H3;7-10H,3-5,12H2,1-2H3/t13-,14+,15?,17-,21?;7-,8+,9?,10-/m11/s1. The Labute approximate surface area is 203 Å². The average molecular weight is 471 g/mol. The highest BCUT2D eigenvalue weighted by atomic mass is 32.2. The molecule has 9 atom stereocenters. The monoisotopic (exact) mass is 470 g/mol. The lowest BCUT2D eigenvalue weighted by Gasteiger charge is -2.33. The smallest absolute Gasteiger partial charge is 0.126 e. The molecule has 33 heavy (non-hydrogen) atoms. The van der Waals surface area contributed by atoms with Crippen molar-refractivity contribution in [3.8, 4) is 12.1 Å². The van der Waals surface area contributed by atoms with Crippen LogP contribution in [0.3, 0.4) is 0 Å². The predicted molar refractivity (Wildman–Crippen MR) is 135 cm³/mol. The third kappa shape index (κ3) is 8.85. The Morgan fingerprint density at radius 1 is 0.848 bits per heavy atom. The number of rotatable bonds is 5. The van der Waals surface area contributed by atoms with E-state index in [-0.39, 0.29) is 12.1 Å². The van der Waals surface area contributed by atoms with Gasteiger partial charge in [0.05, 0.1) is 23.1 Å². The predicted octanol–water partition coefficient (Wildman–Crippen LogP) is 5.48. The summed E-state index contributed by atoms with van der Waals surface area (Å²) in [5.74, 6) is 3.52. The minimum atomic E-state index is -1.32. The van der Waals surface area contributed by atoms with Crippen LogP contribution in [0.4, 0.5) is 0 Å². The Kier molecular flexibility index (Phi) is 11.0. The zero-order valence-corrected chi connectivity index (χ0v) is 21.8. The van der Waals surface area contributed by atoms with Gasteiger partial charge in [-0.15, -0.1) is 0 Å². The van der Waals surface area contributed by atoms with Crippen LogP contribution >= 0.6 is 0 Å². The van der Waals surface area contributed by atoms with Crippen LogP contribution in [0.2, 0.25) is 0 Å². The zero-order valence-electron chi connectivity index (χ0n) is 21.0. The summed E-state index contributed by atoms with van der Waals surface area (Å²) < 4.78 is 15.4. The molecule has 0 bridgehead atoms. The quantitative estimate of drug-likeness (QED) is 0.594. The zero-order chi connectivity index (χ0) is 24.5. The highest BCUT2D eigenvalue weighted by molar-refractivity contribution is 7.83. The minimum Gasteiger partial charge on any atom is -0.316 e. The van der Waals surface area contributed by atoms with Gasteiger partial charge in [0.1, 0.15) is 17.0 Å². The Balaban J connectivity index is 0.000000273. The molecule has 3 unspecified atom stereocenters. The SMILES string of the molecule is C[C@@H]1CC([C@H](N)C#N)C[C@H](C)C1.Cc1ccc(S(=O)N[C@H](C#N)C2C[C@@H](C)C[C@@H](C)C2)cc1. The van der Waals surface area contributed by atoms with Gasteiger partial charge in [-0.1, -0.05) is 45.4 Å². The molecule has 2 fully saturated rings. The lowest BCUT2D eigenvalue weighted by Crippen LogP contribution is -2.39. The Morgan fingerprint density at radius 2 is 1.30 bits per heavy atom. The molecule has 2 aliphatic rings. The molecule has 0 aliphatic heterocycles. The summed E-state index contributed by atoms with van der Waals surface area (Å²) in [4.78, 5) is 0.734. The fourth-order valence-corrected chi connectivity index (χ4v) is 6.76. The van der Waals surface area contributed by atoms with E-state index in [1.165, 1.54) is 12.8 Å². The maximum atomic E-state index is 12.4. The average Bonchev–Trinajstić information content (AvgIpc) is 2.76. The van der Waals surface area contributed by atoms with Gasteiger partial charge in [0.2, 0.25) is 0 Å². The molecule has 2 saturated carbocycles. The summed E-state index contributed by atoms with van der Waals surface area (Å²) in [6.07, 6.45) is 6.89. The number of nitrogens with zero attached hydrogens (tertiary/aromatic N) is 2. The third-order valence-electron chi connectivity index (χ3n) is 7.17. The van der Waals surface area contributed by atoms with Crippen LogP contribution in [-0.2, 0) is 11.0 Å². The summed E-state index contributed by atoms with van der Waals surface area (Å²) in [5.41, 5.74) is 6.85. The normalized spacial score (nSPS) is 32.2. The van der Waals surface area contributed by atoms with Gasteiger partial charge in [-0.05, 0) is 93.1 Å². The summed E-state index contributed by atoms with van der Waals surface area (Å²) in [7, 11) is -1.32. The number of nitrogens with two attached hydrogens (primary N) is 1. The fourth-order valence-electron chi connectivity index (χ4n) is 5.76. The van der Waals surface area contributed by atoms with Crippen molar-refractivity contribution < 1.29 is 4.21 Å². The lowest BCUT2D eigenvalue weighted by atomic mass is 9.74. The van der Waals surface area contributed by atoms with Crippen LogP contribution in [0.15, 0.2) is 29.2 Å². The molecule has 3 N–H and O–H groups in total. The number of aryl methyl sites for hydroxylation is 1. The largest absolute Gasteiger partial charge is 0.316 e. The number of nitriles is 2. The molecule has 0 aromatic heterocycles. The summed E-state index contributed by atoms with van der Waals surface area (Å²) >= 11 is 0. The lowest BCUT2D eigenvalue weighted by molar-refractivity contribution is 0.204. The topological polar surface area (TPSA) is 103 Å². The minimum absolute atomic E-state index is 0.241. The van der Waals surface area contributed by atoms with Crippen molar-refractivity contribution in [2.24, 2.45) is 41.2 Å². The van der Waals surface area contributed by atoms with Crippen molar-refractivity contribution >= 4 is 11.0 Å². The number of benzene rings is 1. The second kappa shape index (κ2) is 13.2. The van der Waals surface area contributed by atoms with E-state index in [2.05, 4.69) is 44.6 Å². The van der Waals surface area contributed by atoms with Crippen molar-refractivity contribution in [2.75, 3.05) is 0 Å². The first-order chi connectivity index (χ1) is 15.6. The summed E-state index contributed by atoms with van der Waals surface area (Å²) in [6.45, 7) is 11.0. The van der Waals surface area contributed by atoms with E-state index < -0.39 is 11.0 Å². The van der Waals surface area contributed by atoms with Gasteiger partial charge < -0.3 is 5.73 Å². The van der Waals surface area contributed by atoms with Crippen molar-refractivity contribution in [1.82, 2.24) is 4.72 Å². The van der Waals surface area contributed by atoms with E-state index in [4.69, 9.17) is 11.0 Å². The molecular formula is C27H42N4OS. The van der Waals surface area contributed by atoms with E-state index in [1.807, 2.05) is 31.2 Å². The second-order valence-electron chi connectivity index (χ2n) is 10.8. The van der Waals surface area contributed by atoms with Gasteiger partial charge in [0.25, 0.3) is 0 Å². The molecular weight excluding hydrogens is 428 g/mol. The molecule has 1 aromatic rings. The van der Waals surface area contributed by atoms with E-state index in [9.17, 15) is 9.47 Å². The van der Waals surface area contributed by atoms with Gasteiger partial charge in [-0.25, -0.2) is 8.93 Å². The third-order valence-corrected chi connectivity index (χ3v) is 8.33. The molecule has 1 aromatic carbocycles. The maximum Gasteiger partial charge on any atom is 0.126 e. The Bertz CT molecular complexity index is 823. The van der Waals surface area contributed by atoms with Crippen LogP contribution in [-0.4, -0.2) is 16.3 Å². The van der Waals surface area contributed by atoms with Crippen molar-refractivity contribution in [2.45, 2.75) is 90.1 Å². The first-order valence-electron chi connectivity index (χ1n) is 12.4.